The summed E-state index contributed by atoms with van der Waals surface area (Å²) in [5, 5.41) is 1.21. The number of hydrogen-bond donors (Lipinski definition) is 1. The van der Waals surface area contributed by atoms with Gasteiger partial charge in [-0.05, 0) is 35.6 Å². The molecule has 128 valence electrons. The molecule has 25 heavy (non-hydrogen) atoms. The van der Waals surface area contributed by atoms with Crippen molar-refractivity contribution in [3.63, 3.8) is 0 Å². The highest BCUT2D eigenvalue weighted by Gasteiger charge is 2.24. The van der Waals surface area contributed by atoms with Crippen molar-refractivity contribution in [1.82, 2.24) is 19.9 Å². The molecule has 3 heterocycles. The number of amides is 1. The number of aromatic nitrogens is 3. The lowest BCUT2D eigenvalue weighted by Crippen LogP contribution is -2.36. The lowest BCUT2D eigenvalue weighted by molar-refractivity contribution is 0.0731. The van der Waals surface area contributed by atoms with Crippen LogP contribution in [0.2, 0.25) is 0 Å². The van der Waals surface area contributed by atoms with E-state index in [1.807, 2.05) is 11.1 Å². The molecule has 0 aliphatic carbocycles. The fraction of sp³-hybridized carbons (Fsp3) is 0.316. The molecule has 0 unspecified atom stereocenters. The molecule has 1 fully saturated rings. The average molecular weight is 336 g/mol. The highest BCUT2D eigenvalue weighted by molar-refractivity contribution is 5.92. The van der Waals surface area contributed by atoms with Gasteiger partial charge in [-0.1, -0.05) is 6.07 Å². The Labute approximate surface area is 145 Å². The van der Waals surface area contributed by atoms with Gasteiger partial charge in [-0.2, -0.15) is 0 Å². The van der Waals surface area contributed by atoms with Crippen LogP contribution in [0, 0.1) is 5.92 Å². The maximum atomic E-state index is 12.7. The third kappa shape index (κ3) is 3.53. The van der Waals surface area contributed by atoms with Gasteiger partial charge in [-0.25, -0.2) is 4.98 Å². The largest absolute Gasteiger partial charge is 0.379 e. The summed E-state index contributed by atoms with van der Waals surface area (Å²) < 4.78 is 5.73. The Morgan fingerprint density at radius 3 is 3.16 bits per heavy atom. The van der Waals surface area contributed by atoms with E-state index in [1.165, 1.54) is 17.1 Å². The molecule has 0 bridgehead atoms. The molecule has 6 heteroatoms. The Balaban J connectivity index is 1.48. The van der Waals surface area contributed by atoms with Gasteiger partial charge in [0.05, 0.1) is 19.4 Å². The molecule has 0 saturated carbocycles. The fourth-order valence-corrected chi connectivity index (χ4v) is 3.32. The molecule has 4 rings (SSSR count). The van der Waals surface area contributed by atoms with E-state index >= 15 is 0 Å². The molecule has 1 aromatic carbocycles. The van der Waals surface area contributed by atoms with Crippen LogP contribution >= 0.6 is 0 Å². The summed E-state index contributed by atoms with van der Waals surface area (Å²) in [6.07, 6.45) is 7.46. The van der Waals surface area contributed by atoms with Crippen LogP contribution in [0.4, 0.5) is 0 Å². The van der Waals surface area contributed by atoms with Crippen LogP contribution in [0.1, 0.15) is 16.1 Å². The number of hydrogen-bond acceptors (Lipinski definition) is 4. The molecule has 0 spiro atoms. The van der Waals surface area contributed by atoms with Crippen molar-refractivity contribution < 1.29 is 9.53 Å². The third-order valence-electron chi connectivity index (χ3n) is 4.55. The van der Waals surface area contributed by atoms with Crippen molar-refractivity contribution in [2.45, 2.75) is 6.42 Å². The van der Waals surface area contributed by atoms with E-state index in [2.05, 4.69) is 39.2 Å². The predicted molar refractivity (Wildman–Crippen MR) is 94.2 cm³/mol. The first-order valence-electron chi connectivity index (χ1n) is 8.48. The molecule has 6 nitrogen and oxygen atoms in total. The van der Waals surface area contributed by atoms with Gasteiger partial charge in [-0.3, -0.25) is 9.78 Å². The topological polar surface area (TPSA) is 71.1 Å². The number of benzene rings is 1. The molecule has 1 aliphatic rings. The smallest absolute Gasteiger partial charge is 0.274 e. The molecule has 2 aromatic heterocycles. The van der Waals surface area contributed by atoms with Gasteiger partial charge < -0.3 is 14.6 Å². The standard InChI is InChI=1S/C19H20N4O2/c24-19(18-11-20-5-6-22-18)23-7-8-25-13-15(12-23)9-14-1-2-17-16(10-14)3-4-21-17/h1-6,10-11,15,21H,7-9,12-13H2/t15-/m0/s1. The van der Waals surface area contributed by atoms with Gasteiger partial charge in [0, 0.05) is 43.1 Å². The minimum Gasteiger partial charge on any atom is -0.379 e. The minimum atomic E-state index is -0.0790. The molecular weight excluding hydrogens is 316 g/mol. The number of carbonyl (C=O) groups excluding carboxylic acids is 1. The summed E-state index contributed by atoms with van der Waals surface area (Å²) in [6.45, 7) is 2.47. The Morgan fingerprint density at radius 2 is 2.28 bits per heavy atom. The molecular formula is C19H20N4O2. The van der Waals surface area contributed by atoms with Crippen molar-refractivity contribution in [2.24, 2.45) is 5.92 Å². The first kappa shape index (κ1) is 15.8. The summed E-state index contributed by atoms with van der Waals surface area (Å²) in [5.41, 5.74) is 2.78. The van der Waals surface area contributed by atoms with E-state index in [4.69, 9.17) is 4.74 Å². The van der Waals surface area contributed by atoms with Crippen molar-refractivity contribution in [3.8, 4) is 0 Å². The number of ether oxygens (including phenoxy) is 1. The van der Waals surface area contributed by atoms with E-state index in [1.54, 1.807) is 12.4 Å². The van der Waals surface area contributed by atoms with E-state index in [0.717, 1.165) is 11.9 Å². The first-order valence-corrected chi connectivity index (χ1v) is 8.48. The van der Waals surface area contributed by atoms with Crippen LogP contribution in [0.5, 0.6) is 0 Å². The summed E-state index contributed by atoms with van der Waals surface area (Å²) in [4.78, 5) is 25.8. The molecule has 1 atom stereocenters. The highest BCUT2D eigenvalue weighted by atomic mass is 16.5. The van der Waals surface area contributed by atoms with Gasteiger partial charge in [0.15, 0.2) is 0 Å². The summed E-state index contributed by atoms with van der Waals surface area (Å²) in [7, 11) is 0. The average Bonchev–Trinajstić information content (AvgIpc) is 2.99. The monoisotopic (exact) mass is 336 g/mol. The van der Waals surface area contributed by atoms with Crippen LogP contribution in [0.25, 0.3) is 10.9 Å². The lowest BCUT2D eigenvalue weighted by Gasteiger charge is -2.23. The fourth-order valence-electron chi connectivity index (χ4n) is 3.32. The zero-order chi connectivity index (χ0) is 17.1. The van der Waals surface area contributed by atoms with Crippen molar-refractivity contribution in [1.29, 1.82) is 0 Å². The van der Waals surface area contributed by atoms with E-state index < -0.39 is 0 Å². The number of aromatic amines is 1. The van der Waals surface area contributed by atoms with E-state index in [-0.39, 0.29) is 11.8 Å². The molecule has 1 N–H and O–H groups in total. The lowest BCUT2D eigenvalue weighted by atomic mass is 9.98. The second-order valence-corrected chi connectivity index (χ2v) is 6.39. The van der Waals surface area contributed by atoms with Gasteiger partial charge in [-0.15, -0.1) is 0 Å². The van der Waals surface area contributed by atoms with Crippen molar-refractivity contribution >= 4 is 16.8 Å². The van der Waals surface area contributed by atoms with Crippen LogP contribution in [0.15, 0.2) is 49.1 Å². The Bertz CT molecular complexity index is 862. The molecule has 1 saturated heterocycles. The Hall–Kier alpha value is -2.73. The van der Waals surface area contributed by atoms with Crippen molar-refractivity contribution in [2.75, 3.05) is 26.3 Å². The summed E-state index contributed by atoms with van der Waals surface area (Å²) >= 11 is 0. The second kappa shape index (κ2) is 7.03. The molecule has 1 amide bonds. The number of carbonyl (C=O) groups is 1. The van der Waals surface area contributed by atoms with E-state index in [9.17, 15) is 4.79 Å². The zero-order valence-electron chi connectivity index (χ0n) is 13.9. The minimum absolute atomic E-state index is 0.0790. The van der Waals surface area contributed by atoms with Gasteiger partial charge in [0.1, 0.15) is 5.69 Å². The Morgan fingerprint density at radius 1 is 1.32 bits per heavy atom. The zero-order valence-corrected chi connectivity index (χ0v) is 13.9. The van der Waals surface area contributed by atoms with Crippen LogP contribution in [-0.4, -0.2) is 52.1 Å². The molecule has 0 radical (unpaired) electrons. The maximum absolute atomic E-state index is 12.7. The van der Waals surface area contributed by atoms with Crippen LogP contribution in [-0.2, 0) is 11.2 Å². The van der Waals surface area contributed by atoms with Gasteiger partial charge in [0.25, 0.3) is 5.91 Å². The normalized spacial score (nSPS) is 18.2. The Kier molecular flexibility index (Phi) is 4.43. The highest BCUT2D eigenvalue weighted by Crippen LogP contribution is 2.19. The summed E-state index contributed by atoms with van der Waals surface area (Å²) in [5.74, 6) is 0.184. The maximum Gasteiger partial charge on any atom is 0.274 e. The number of nitrogens with zero attached hydrogens (tertiary/aromatic N) is 3. The SMILES string of the molecule is O=C(c1cnccn1)N1CCOC[C@@H](Cc2ccc3[nH]ccc3c2)C1. The number of rotatable bonds is 3. The van der Waals surface area contributed by atoms with Gasteiger partial charge in [0.2, 0.25) is 0 Å². The van der Waals surface area contributed by atoms with Crippen LogP contribution < -0.4 is 0 Å². The number of fused-ring (bicyclic) bond motifs is 1. The predicted octanol–water partition coefficient (Wildman–Crippen LogP) is 2.29. The van der Waals surface area contributed by atoms with Gasteiger partial charge >= 0.3 is 0 Å². The first-order chi connectivity index (χ1) is 12.3. The van der Waals surface area contributed by atoms with E-state index in [0.29, 0.717) is 32.0 Å². The molecule has 3 aromatic rings. The van der Waals surface area contributed by atoms with Crippen LogP contribution in [0.3, 0.4) is 0 Å². The number of H-pyrrole nitrogens is 1. The second-order valence-electron chi connectivity index (χ2n) is 6.39. The number of nitrogens with one attached hydrogen (secondary N) is 1. The van der Waals surface area contributed by atoms with Crippen molar-refractivity contribution in [3.05, 3.63) is 60.3 Å². The molecule has 1 aliphatic heterocycles. The quantitative estimate of drug-likeness (QED) is 0.796. The summed E-state index contributed by atoms with van der Waals surface area (Å²) in [6, 6.07) is 8.52. The third-order valence-corrected chi connectivity index (χ3v) is 4.55.